The predicted molar refractivity (Wildman–Crippen MR) is 82.3 cm³/mol. The van der Waals surface area contributed by atoms with Crippen LogP contribution in [0.1, 0.15) is 32.8 Å². The largest absolute Gasteiger partial charge is 0.481 e. The summed E-state index contributed by atoms with van der Waals surface area (Å²) in [6.07, 6.45) is -0.117. The molecular formula is C15H21ClN2O3. The van der Waals surface area contributed by atoms with Gasteiger partial charge in [-0.15, -0.1) is 0 Å². The van der Waals surface area contributed by atoms with Gasteiger partial charge in [0.2, 0.25) is 0 Å². The number of carbonyl (C=O) groups is 2. The number of amides is 2. The highest BCUT2D eigenvalue weighted by molar-refractivity contribution is 6.30. The summed E-state index contributed by atoms with van der Waals surface area (Å²) in [6.45, 7) is 5.99. The summed E-state index contributed by atoms with van der Waals surface area (Å²) in [7, 11) is 0. The number of rotatable bonds is 5. The summed E-state index contributed by atoms with van der Waals surface area (Å²) in [5, 5.41) is 14.9. The highest BCUT2D eigenvalue weighted by atomic mass is 35.5. The molecule has 3 N–H and O–H groups in total. The van der Waals surface area contributed by atoms with Gasteiger partial charge in [0, 0.05) is 17.6 Å². The standard InChI is InChI=1S/C15H21ClN2O3/c1-15(2,3)12(8-13(19)20)18-14(21)17-9-10-5-4-6-11(16)7-10/h4-7,12H,8-9H2,1-3H3,(H,19,20)(H2,17,18,21). The van der Waals surface area contributed by atoms with Gasteiger partial charge >= 0.3 is 12.0 Å². The number of benzene rings is 1. The molecule has 5 nitrogen and oxygen atoms in total. The van der Waals surface area contributed by atoms with E-state index in [4.69, 9.17) is 16.7 Å². The maximum absolute atomic E-state index is 11.9. The van der Waals surface area contributed by atoms with E-state index < -0.39 is 18.0 Å². The summed E-state index contributed by atoms with van der Waals surface area (Å²) in [5.41, 5.74) is 0.536. The lowest BCUT2D eigenvalue weighted by Gasteiger charge is -2.30. The molecule has 0 saturated heterocycles. The van der Waals surface area contributed by atoms with Crippen LogP contribution in [0.15, 0.2) is 24.3 Å². The summed E-state index contributed by atoms with van der Waals surface area (Å²) in [5.74, 6) is -0.940. The minimum atomic E-state index is -0.940. The smallest absolute Gasteiger partial charge is 0.315 e. The Hall–Kier alpha value is -1.75. The van der Waals surface area contributed by atoms with Gasteiger partial charge in [-0.1, -0.05) is 44.5 Å². The molecule has 0 radical (unpaired) electrons. The molecule has 1 unspecified atom stereocenters. The van der Waals surface area contributed by atoms with Crippen molar-refractivity contribution >= 4 is 23.6 Å². The first-order valence-electron chi connectivity index (χ1n) is 6.69. The minimum Gasteiger partial charge on any atom is -0.481 e. The fourth-order valence-corrected chi connectivity index (χ4v) is 2.00. The fraction of sp³-hybridized carbons (Fsp3) is 0.467. The van der Waals surface area contributed by atoms with Gasteiger partial charge in [0.1, 0.15) is 0 Å². The molecule has 0 aliphatic carbocycles. The van der Waals surface area contributed by atoms with E-state index >= 15 is 0 Å². The average molecular weight is 313 g/mol. The third-order valence-corrected chi connectivity index (χ3v) is 3.31. The molecule has 0 fully saturated rings. The van der Waals surface area contributed by atoms with Crippen molar-refractivity contribution in [1.29, 1.82) is 0 Å². The number of carboxylic acids is 1. The summed E-state index contributed by atoms with van der Waals surface area (Å²) >= 11 is 5.87. The lowest BCUT2D eigenvalue weighted by molar-refractivity contribution is -0.138. The van der Waals surface area contributed by atoms with Gasteiger partial charge in [0.25, 0.3) is 0 Å². The second kappa shape index (κ2) is 7.31. The summed E-state index contributed by atoms with van der Waals surface area (Å²) < 4.78 is 0. The maximum atomic E-state index is 11.9. The monoisotopic (exact) mass is 312 g/mol. The molecule has 0 saturated carbocycles. The molecule has 0 heterocycles. The van der Waals surface area contributed by atoms with E-state index in [9.17, 15) is 9.59 Å². The molecule has 1 atom stereocenters. The zero-order chi connectivity index (χ0) is 16.0. The Morgan fingerprint density at radius 2 is 2.00 bits per heavy atom. The van der Waals surface area contributed by atoms with E-state index in [1.165, 1.54) is 0 Å². The fourth-order valence-electron chi connectivity index (χ4n) is 1.79. The highest BCUT2D eigenvalue weighted by Gasteiger charge is 2.28. The third kappa shape index (κ3) is 6.49. The van der Waals surface area contributed by atoms with Crippen LogP contribution in [0.3, 0.4) is 0 Å². The van der Waals surface area contributed by atoms with Crippen molar-refractivity contribution in [2.45, 2.75) is 39.8 Å². The predicted octanol–water partition coefficient (Wildman–Crippen LogP) is 3.03. The van der Waals surface area contributed by atoms with Crippen molar-refractivity contribution in [2.75, 3.05) is 0 Å². The molecule has 0 aliphatic heterocycles. The van der Waals surface area contributed by atoms with Crippen molar-refractivity contribution < 1.29 is 14.7 Å². The van der Waals surface area contributed by atoms with Crippen LogP contribution < -0.4 is 10.6 Å². The second-order valence-corrected chi connectivity index (χ2v) is 6.41. The molecule has 0 aliphatic rings. The van der Waals surface area contributed by atoms with Crippen molar-refractivity contribution in [3.8, 4) is 0 Å². The normalized spacial score (nSPS) is 12.6. The van der Waals surface area contributed by atoms with Gasteiger partial charge in [-0.3, -0.25) is 4.79 Å². The zero-order valence-corrected chi connectivity index (χ0v) is 13.2. The van der Waals surface area contributed by atoms with Gasteiger partial charge in [0.05, 0.1) is 6.42 Å². The molecule has 0 bridgehead atoms. The van der Waals surface area contributed by atoms with Crippen LogP contribution in [0.5, 0.6) is 0 Å². The lowest BCUT2D eigenvalue weighted by Crippen LogP contribution is -2.48. The molecule has 1 aromatic carbocycles. The van der Waals surface area contributed by atoms with Gasteiger partial charge in [-0.2, -0.15) is 0 Å². The van der Waals surface area contributed by atoms with E-state index in [-0.39, 0.29) is 11.8 Å². The van der Waals surface area contributed by atoms with Gasteiger partial charge in [-0.05, 0) is 23.1 Å². The molecule has 116 valence electrons. The van der Waals surface area contributed by atoms with Gasteiger partial charge in [0.15, 0.2) is 0 Å². The number of carboxylic acid groups (broad SMARTS) is 1. The van der Waals surface area contributed by atoms with Crippen molar-refractivity contribution in [2.24, 2.45) is 5.41 Å². The summed E-state index contributed by atoms with van der Waals surface area (Å²) in [4.78, 5) is 22.8. The number of hydrogen-bond donors (Lipinski definition) is 3. The molecule has 2 amide bonds. The lowest BCUT2D eigenvalue weighted by atomic mass is 9.85. The summed E-state index contributed by atoms with van der Waals surface area (Å²) in [6, 6.07) is 6.34. The van der Waals surface area contributed by atoms with Crippen molar-refractivity contribution in [3.05, 3.63) is 34.9 Å². The Morgan fingerprint density at radius 1 is 1.33 bits per heavy atom. The Bertz CT molecular complexity index is 512. The Kier molecular flexibility index (Phi) is 6.03. The maximum Gasteiger partial charge on any atom is 0.315 e. The number of hydrogen-bond acceptors (Lipinski definition) is 2. The SMILES string of the molecule is CC(C)(C)C(CC(=O)O)NC(=O)NCc1cccc(Cl)c1. The Morgan fingerprint density at radius 3 is 2.52 bits per heavy atom. The van der Waals surface area contributed by atoms with Crippen LogP contribution in [-0.2, 0) is 11.3 Å². The quantitative estimate of drug-likeness (QED) is 0.782. The highest BCUT2D eigenvalue weighted by Crippen LogP contribution is 2.21. The van der Waals surface area contributed by atoms with Crippen LogP contribution in [0.2, 0.25) is 5.02 Å². The van der Waals surface area contributed by atoms with Crippen molar-refractivity contribution in [3.63, 3.8) is 0 Å². The first-order valence-corrected chi connectivity index (χ1v) is 7.07. The number of nitrogens with one attached hydrogen (secondary N) is 2. The van der Waals surface area contributed by atoms with Crippen LogP contribution in [-0.4, -0.2) is 23.1 Å². The molecular weight excluding hydrogens is 292 g/mol. The van der Waals surface area contributed by atoms with E-state index in [2.05, 4.69) is 10.6 Å². The second-order valence-electron chi connectivity index (χ2n) is 5.97. The van der Waals surface area contributed by atoms with Gasteiger partial charge < -0.3 is 15.7 Å². The number of urea groups is 1. The number of carbonyl (C=O) groups excluding carboxylic acids is 1. The average Bonchev–Trinajstić information content (AvgIpc) is 2.34. The Labute approximate surface area is 129 Å². The molecule has 1 rings (SSSR count). The number of aliphatic carboxylic acids is 1. The van der Waals surface area contributed by atoms with E-state index in [1.807, 2.05) is 26.8 Å². The van der Waals surface area contributed by atoms with Crippen LogP contribution >= 0.6 is 11.6 Å². The Balaban J connectivity index is 2.56. The van der Waals surface area contributed by atoms with E-state index in [0.717, 1.165) is 5.56 Å². The van der Waals surface area contributed by atoms with Crippen molar-refractivity contribution in [1.82, 2.24) is 10.6 Å². The van der Waals surface area contributed by atoms with E-state index in [1.54, 1.807) is 18.2 Å². The molecule has 0 aromatic heterocycles. The molecule has 1 aromatic rings. The zero-order valence-electron chi connectivity index (χ0n) is 12.4. The third-order valence-electron chi connectivity index (χ3n) is 3.07. The topological polar surface area (TPSA) is 78.4 Å². The first kappa shape index (κ1) is 17.3. The minimum absolute atomic E-state index is 0.117. The molecule has 21 heavy (non-hydrogen) atoms. The van der Waals surface area contributed by atoms with Crippen LogP contribution in [0, 0.1) is 5.41 Å². The van der Waals surface area contributed by atoms with Crippen LogP contribution in [0.25, 0.3) is 0 Å². The molecule has 6 heteroatoms. The molecule has 0 spiro atoms. The first-order chi connectivity index (χ1) is 9.68. The van der Waals surface area contributed by atoms with E-state index in [0.29, 0.717) is 11.6 Å². The van der Waals surface area contributed by atoms with Crippen LogP contribution in [0.4, 0.5) is 4.79 Å². The van der Waals surface area contributed by atoms with Gasteiger partial charge in [-0.25, -0.2) is 4.79 Å². The number of halogens is 1.